The van der Waals surface area contributed by atoms with Gasteiger partial charge in [0, 0.05) is 11.9 Å². The molecule has 0 saturated heterocycles. The van der Waals surface area contributed by atoms with Crippen molar-refractivity contribution in [1.29, 1.82) is 0 Å². The fraction of sp³-hybridized carbons (Fsp3) is 0.150. The number of rotatable bonds is 5. The lowest BCUT2D eigenvalue weighted by atomic mass is 10.2. The summed E-state index contributed by atoms with van der Waals surface area (Å²) in [5.74, 6) is -0.686. The van der Waals surface area contributed by atoms with Gasteiger partial charge in [-0.2, -0.15) is 0 Å². The van der Waals surface area contributed by atoms with Crippen LogP contribution in [0.4, 0.5) is 10.8 Å². The monoisotopic (exact) mass is 415 g/mol. The number of nitrogens with one attached hydrogen (secondary N) is 1. The Labute approximate surface area is 171 Å². The number of hydrogen-bond acceptors (Lipinski definition) is 5. The summed E-state index contributed by atoms with van der Waals surface area (Å²) in [6.07, 6.45) is 0. The van der Waals surface area contributed by atoms with E-state index in [2.05, 4.69) is 10.3 Å². The molecule has 0 unspecified atom stereocenters. The third-order valence-electron chi connectivity index (χ3n) is 3.99. The molecule has 0 bridgehead atoms. The molecule has 2 aromatic carbocycles. The van der Waals surface area contributed by atoms with Crippen LogP contribution in [-0.2, 0) is 11.3 Å². The number of benzene rings is 2. The Morgan fingerprint density at radius 1 is 1.21 bits per heavy atom. The van der Waals surface area contributed by atoms with Crippen LogP contribution in [0.1, 0.15) is 27.9 Å². The number of anilines is 2. The Morgan fingerprint density at radius 2 is 1.93 bits per heavy atom. The zero-order valence-corrected chi connectivity index (χ0v) is 16.8. The highest BCUT2D eigenvalue weighted by Gasteiger charge is 2.22. The van der Waals surface area contributed by atoms with Crippen molar-refractivity contribution in [3.05, 3.63) is 69.7 Å². The number of thiazole rings is 1. The van der Waals surface area contributed by atoms with Gasteiger partial charge in [0.15, 0.2) is 5.13 Å². The molecule has 0 fully saturated rings. The Hall–Kier alpha value is -2.90. The van der Waals surface area contributed by atoms with E-state index in [1.165, 1.54) is 30.0 Å². The second kappa shape index (κ2) is 8.41. The van der Waals surface area contributed by atoms with Crippen LogP contribution in [0.2, 0.25) is 5.02 Å². The Kier molecular flexibility index (Phi) is 5.96. The molecule has 2 amide bonds. The molecular formula is C20H18ClN3O3S. The van der Waals surface area contributed by atoms with Crippen molar-refractivity contribution in [2.24, 2.45) is 0 Å². The number of carbonyl (C=O) groups is 2. The second-order valence-electron chi connectivity index (χ2n) is 6.12. The highest BCUT2D eigenvalue weighted by molar-refractivity contribution is 7.17. The Bertz CT molecular complexity index is 1020. The van der Waals surface area contributed by atoms with Gasteiger partial charge in [-0.1, -0.05) is 53.3 Å². The summed E-state index contributed by atoms with van der Waals surface area (Å²) in [5, 5.41) is 13.4. The van der Waals surface area contributed by atoms with Gasteiger partial charge in [-0.3, -0.25) is 14.5 Å². The molecule has 144 valence electrons. The highest BCUT2D eigenvalue weighted by atomic mass is 35.5. The van der Waals surface area contributed by atoms with E-state index in [4.69, 9.17) is 11.6 Å². The number of carbonyl (C=O) groups excluding carboxylic acids is 2. The molecule has 0 spiro atoms. The van der Waals surface area contributed by atoms with Crippen molar-refractivity contribution in [3.8, 4) is 5.75 Å². The smallest absolute Gasteiger partial charge is 0.267 e. The van der Waals surface area contributed by atoms with Gasteiger partial charge in [0.1, 0.15) is 10.6 Å². The van der Waals surface area contributed by atoms with Crippen LogP contribution in [0.15, 0.2) is 48.5 Å². The molecule has 0 saturated carbocycles. The molecule has 8 heteroatoms. The number of phenols is 1. The highest BCUT2D eigenvalue weighted by Crippen LogP contribution is 2.31. The summed E-state index contributed by atoms with van der Waals surface area (Å²) in [6.45, 7) is 3.52. The summed E-state index contributed by atoms with van der Waals surface area (Å²) in [5.41, 5.74) is 1.67. The molecule has 0 aliphatic carbocycles. The number of aromatic nitrogens is 1. The lowest BCUT2D eigenvalue weighted by molar-refractivity contribution is -0.116. The van der Waals surface area contributed by atoms with Gasteiger partial charge < -0.3 is 10.4 Å². The first-order valence-corrected chi connectivity index (χ1v) is 9.64. The van der Waals surface area contributed by atoms with E-state index < -0.39 is 5.91 Å². The average molecular weight is 416 g/mol. The maximum absolute atomic E-state index is 12.7. The predicted octanol–water partition coefficient (Wildman–Crippen LogP) is 4.62. The van der Waals surface area contributed by atoms with Crippen LogP contribution in [0, 0.1) is 6.92 Å². The van der Waals surface area contributed by atoms with Crippen LogP contribution < -0.4 is 10.2 Å². The van der Waals surface area contributed by atoms with E-state index in [0.717, 1.165) is 16.9 Å². The third kappa shape index (κ3) is 4.49. The van der Waals surface area contributed by atoms with Crippen molar-refractivity contribution in [2.75, 3.05) is 10.2 Å². The molecule has 6 nitrogen and oxygen atoms in total. The molecule has 3 aromatic rings. The number of aromatic hydroxyl groups is 1. The second-order valence-corrected chi connectivity index (χ2v) is 7.53. The van der Waals surface area contributed by atoms with Gasteiger partial charge in [0.25, 0.3) is 5.91 Å². The summed E-state index contributed by atoms with van der Waals surface area (Å²) in [6, 6.07) is 13.9. The van der Waals surface area contributed by atoms with Crippen LogP contribution in [0.3, 0.4) is 0 Å². The van der Waals surface area contributed by atoms with E-state index in [0.29, 0.717) is 27.3 Å². The maximum atomic E-state index is 12.7. The number of phenolic OH excluding ortho intramolecular Hbond substituents is 1. The van der Waals surface area contributed by atoms with Crippen LogP contribution in [0.25, 0.3) is 0 Å². The predicted molar refractivity (Wildman–Crippen MR) is 111 cm³/mol. The molecule has 0 radical (unpaired) electrons. The number of aryl methyl sites for hydroxylation is 1. The van der Waals surface area contributed by atoms with Gasteiger partial charge in [0.2, 0.25) is 5.91 Å². The van der Waals surface area contributed by atoms with Crippen molar-refractivity contribution in [3.63, 3.8) is 0 Å². The molecule has 28 heavy (non-hydrogen) atoms. The number of amides is 2. The fourth-order valence-electron chi connectivity index (χ4n) is 2.58. The van der Waals surface area contributed by atoms with Crippen LogP contribution in [0.5, 0.6) is 5.75 Å². The minimum atomic E-state index is -0.429. The minimum Gasteiger partial charge on any atom is -0.506 e. The lowest BCUT2D eigenvalue weighted by Crippen LogP contribution is -2.27. The van der Waals surface area contributed by atoms with Gasteiger partial charge in [-0.25, -0.2) is 4.98 Å². The van der Waals surface area contributed by atoms with E-state index in [1.54, 1.807) is 6.92 Å². The summed E-state index contributed by atoms with van der Waals surface area (Å²) >= 11 is 7.04. The third-order valence-corrected chi connectivity index (χ3v) is 5.41. The van der Waals surface area contributed by atoms with Gasteiger partial charge in [0.05, 0.1) is 17.9 Å². The average Bonchev–Trinajstić information content (AvgIpc) is 3.04. The molecule has 2 N–H and O–H groups in total. The number of nitrogens with zero attached hydrogens (tertiary/aromatic N) is 2. The Morgan fingerprint density at radius 3 is 2.61 bits per heavy atom. The van der Waals surface area contributed by atoms with Crippen molar-refractivity contribution in [1.82, 2.24) is 4.98 Å². The summed E-state index contributed by atoms with van der Waals surface area (Å²) in [4.78, 5) is 31.1. The Balaban J connectivity index is 1.85. The van der Waals surface area contributed by atoms with E-state index >= 15 is 0 Å². The molecule has 1 aromatic heterocycles. The molecule has 0 atom stereocenters. The molecule has 0 aliphatic rings. The van der Waals surface area contributed by atoms with E-state index in [1.807, 2.05) is 30.3 Å². The van der Waals surface area contributed by atoms with E-state index in [-0.39, 0.29) is 17.3 Å². The van der Waals surface area contributed by atoms with Crippen LogP contribution in [-0.4, -0.2) is 21.9 Å². The van der Waals surface area contributed by atoms with Crippen molar-refractivity contribution >= 4 is 45.6 Å². The SMILES string of the molecule is CC(=O)N(Cc1ccccc1)c1nc(C)c(C(=O)Nc2cc(Cl)ccc2O)s1. The zero-order chi connectivity index (χ0) is 20.3. The topological polar surface area (TPSA) is 82.5 Å². The van der Waals surface area contributed by atoms with Gasteiger partial charge in [-0.05, 0) is 30.7 Å². The molecule has 0 aliphatic heterocycles. The van der Waals surface area contributed by atoms with Crippen molar-refractivity contribution in [2.45, 2.75) is 20.4 Å². The van der Waals surface area contributed by atoms with Crippen molar-refractivity contribution < 1.29 is 14.7 Å². The molecular weight excluding hydrogens is 398 g/mol. The van der Waals surface area contributed by atoms with E-state index in [9.17, 15) is 14.7 Å². The number of hydrogen-bond donors (Lipinski definition) is 2. The summed E-state index contributed by atoms with van der Waals surface area (Å²) in [7, 11) is 0. The number of halogens is 1. The minimum absolute atomic E-state index is 0.0884. The normalized spacial score (nSPS) is 10.5. The molecule has 1 heterocycles. The zero-order valence-electron chi connectivity index (χ0n) is 15.3. The van der Waals surface area contributed by atoms with Gasteiger partial charge >= 0.3 is 0 Å². The standard InChI is InChI=1S/C20H18ClN3O3S/c1-12-18(19(27)23-16-10-15(21)8-9-17(16)26)28-20(22-12)24(13(2)25)11-14-6-4-3-5-7-14/h3-10,26H,11H2,1-2H3,(H,23,27). The maximum Gasteiger partial charge on any atom is 0.267 e. The largest absolute Gasteiger partial charge is 0.506 e. The van der Waals surface area contributed by atoms with Gasteiger partial charge in [-0.15, -0.1) is 0 Å². The molecule has 3 rings (SSSR count). The lowest BCUT2D eigenvalue weighted by Gasteiger charge is -2.17. The quantitative estimate of drug-likeness (QED) is 0.596. The first-order valence-electron chi connectivity index (χ1n) is 8.44. The summed E-state index contributed by atoms with van der Waals surface area (Å²) < 4.78 is 0. The first kappa shape index (κ1) is 19.9. The fourth-order valence-corrected chi connectivity index (χ4v) is 3.75. The first-order chi connectivity index (χ1) is 13.3. The van der Waals surface area contributed by atoms with Crippen LogP contribution >= 0.6 is 22.9 Å².